The number of rotatable bonds is 6. The van der Waals surface area contributed by atoms with Crippen molar-refractivity contribution in [3.05, 3.63) is 63.1 Å². The van der Waals surface area contributed by atoms with E-state index in [0.717, 1.165) is 24.1 Å². The van der Waals surface area contributed by atoms with Crippen molar-refractivity contribution < 1.29 is 4.79 Å². The molecule has 0 bridgehead atoms. The number of hydrogen-bond donors (Lipinski definition) is 1. The summed E-state index contributed by atoms with van der Waals surface area (Å²) in [5, 5.41) is 4.28. The molecule has 1 N–H and O–H groups in total. The molecule has 0 saturated heterocycles. The van der Waals surface area contributed by atoms with E-state index >= 15 is 0 Å². The van der Waals surface area contributed by atoms with Gasteiger partial charge in [0.05, 0.1) is 0 Å². The van der Waals surface area contributed by atoms with Gasteiger partial charge < -0.3 is 5.32 Å². The molecule has 2 nitrogen and oxygen atoms in total. The van der Waals surface area contributed by atoms with Gasteiger partial charge in [0.25, 0.3) is 0 Å². The van der Waals surface area contributed by atoms with Crippen LogP contribution in [0.4, 0.5) is 5.69 Å². The first kappa shape index (κ1) is 17.8. The van der Waals surface area contributed by atoms with Crippen molar-refractivity contribution in [2.75, 3.05) is 5.32 Å². The second-order valence-electron chi connectivity index (χ2n) is 5.44. The Morgan fingerprint density at radius 3 is 2.22 bits per heavy atom. The Labute approximate surface area is 147 Å². The summed E-state index contributed by atoms with van der Waals surface area (Å²) < 4.78 is 0. The van der Waals surface area contributed by atoms with Gasteiger partial charge in [0.2, 0.25) is 5.91 Å². The molecule has 0 fully saturated rings. The van der Waals surface area contributed by atoms with Crippen LogP contribution in [0.5, 0.6) is 0 Å². The monoisotopic (exact) mass is 349 g/mol. The van der Waals surface area contributed by atoms with Crippen molar-refractivity contribution in [3.8, 4) is 0 Å². The molecule has 0 radical (unpaired) electrons. The number of anilines is 1. The molecule has 2 aromatic rings. The number of aryl methyl sites for hydroxylation is 3. The van der Waals surface area contributed by atoms with E-state index in [1.165, 1.54) is 11.1 Å². The fourth-order valence-electron chi connectivity index (χ4n) is 2.58. The Bertz CT molecular complexity index is 676. The maximum atomic E-state index is 12.3. The number of halogens is 2. The lowest BCUT2D eigenvalue weighted by molar-refractivity contribution is -0.116. The SMILES string of the molecule is CCc1cccc(CC)c1NC(=O)CCc1ccc(Cl)cc1Cl. The number of amides is 1. The Balaban J connectivity index is 2.05. The summed E-state index contributed by atoms with van der Waals surface area (Å²) >= 11 is 12.0. The molecule has 0 saturated carbocycles. The van der Waals surface area contributed by atoms with Gasteiger partial charge in [-0.05, 0) is 48.1 Å². The van der Waals surface area contributed by atoms with Gasteiger partial charge in [0.1, 0.15) is 0 Å². The fourth-order valence-corrected chi connectivity index (χ4v) is 3.08. The lowest BCUT2D eigenvalue weighted by Crippen LogP contribution is -2.15. The van der Waals surface area contributed by atoms with Gasteiger partial charge in [-0.2, -0.15) is 0 Å². The Morgan fingerprint density at radius 1 is 1.00 bits per heavy atom. The molecule has 0 heterocycles. The zero-order valence-corrected chi connectivity index (χ0v) is 15.0. The Kier molecular flexibility index (Phi) is 6.49. The highest BCUT2D eigenvalue weighted by molar-refractivity contribution is 6.35. The van der Waals surface area contributed by atoms with E-state index in [1.807, 2.05) is 12.1 Å². The molecular formula is C19H21Cl2NO. The summed E-state index contributed by atoms with van der Waals surface area (Å²) in [5.41, 5.74) is 4.24. The largest absolute Gasteiger partial charge is 0.326 e. The summed E-state index contributed by atoms with van der Waals surface area (Å²) in [6, 6.07) is 11.5. The van der Waals surface area contributed by atoms with Gasteiger partial charge in [-0.1, -0.05) is 61.3 Å². The van der Waals surface area contributed by atoms with E-state index in [9.17, 15) is 4.79 Å². The van der Waals surface area contributed by atoms with E-state index in [0.29, 0.717) is 22.9 Å². The molecule has 0 aromatic heterocycles. The first-order chi connectivity index (χ1) is 11.0. The van der Waals surface area contributed by atoms with E-state index < -0.39 is 0 Å². The van der Waals surface area contributed by atoms with Gasteiger partial charge in [0, 0.05) is 22.2 Å². The Morgan fingerprint density at radius 2 is 1.65 bits per heavy atom. The Hall–Kier alpha value is -1.51. The normalized spacial score (nSPS) is 10.6. The lowest BCUT2D eigenvalue weighted by Gasteiger charge is -2.14. The quantitative estimate of drug-likeness (QED) is 0.712. The summed E-state index contributed by atoms with van der Waals surface area (Å²) in [6.45, 7) is 4.19. The fraction of sp³-hybridized carbons (Fsp3) is 0.316. The van der Waals surface area contributed by atoms with Crippen LogP contribution < -0.4 is 5.32 Å². The highest BCUT2D eigenvalue weighted by Crippen LogP contribution is 2.24. The maximum Gasteiger partial charge on any atom is 0.224 e. The molecule has 0 spiro atoms. The smallest absolute Gasteiger partial charge is 0.224 e. The first-order valence-electron chi connectivity index (χ1n) is 7.89. The molecule has 2 aromatic carbocycles. The van der Waals surface area contributed by atoms with Crippen LogP contribution in [-0.2, 0) is 24.1 Å². The highest BCUT2D eigenvalue weighted by Gasteiger charge is 2.11. The zero-order valence-electron chi connectivity index (χ0n) is 13.5. The van der Waals surface area contributed by atoms with Crippen LogP contribution in [0.2, 0.25) is 10.0 Å². The number of carbonyl (C=O) groups excluding carboxylic acids is 1. The number of carbonyl (C=O) groups is 1. The lowest BCUT2D eigenvalue weighted by atomic mass is 10.0. The standard InChI is InChI=1S/C19H21Cl2NO/c1-3-13-6-5-7-14(4-2)19(13)22-18(23)11-9-15-8-10-16(20)12-17(15)21/h5-8,10,12H,3-4,9,11H2,1-2H3,(H,22,23). The number of nitrogens with one attached hydrogen (secondary N) is 1. The maximum absolute atomic E-state index is 12.3. The van der Waals surface area contributed by atoms with Gasteiger partial charge in [-0.15, -0.1) is 0 Å². The van der Waals surface area contributed by atoms with Crippen molar-refractivity contribution in [2.45, 2.75) is 39.5 Å². The number of benzene rings is 2. The van der Waals surface area contributed by atoms with Gasteiger partial charge in [-0.3, -0.25) is 4.79 Å². The van der Waals surface area contributed by atoms with Crippen LogP contribution in [0.15, 0.2) is 36.4 Å². The molecule has 122 valence electrons. The minimum atomic E-state index is 0.00613. The van der Waals surface area contributed by atoms with Crippen LogP contribution in [0.1, 0.15) is 37.0 Å². The third kappa shape index (κ3) is 4.73. The number of hydrogen-bond acceptors (Lipinski definition) is 1. The summed E-state index contributed by atoms with van der Waals surface area (Å²) in [4.78, 5) is 12.3. The van der Waals surface area contributed by atoms with Crippen molar-refractivity contribution in [2.24, 2.45) is 0 Å². The van der Waals surface area contributed by atoms with Crippen LogP contribution in [0, 0.1) is 0 Å². The van der Waals surface area contributed by atoms with Gasteiger partial charge >= 0.3 is 0 Å². The van der Waals surface area contributed by atoms with Crippen LogP contribution in [0.3, 0.4) is 0 Å². The molecule has 0 aliphatic rings. The van der Waals surface area contributed by atoms with Crippen molar-refractivity contribution in [3.63, 3.8) is 0 Å². The topological polar surface area (TPSA) is 29.1 Å². The third-order valence-corrected chi connectivity index (χ3v) is 4.49. The first-order valence-corrected chi connectivity index (χ1v) is 8.65. The average molecular weight is 350 g/mol. The second-order valence-corrected chi connectivity index (χ2v) is 6.29. The van der Waals surface area contributed by atoms with Crippen LogP contribution in [0.25, 0.3) is 0 Å². The minimum Gasteiger partial charge on any atom is -0.326 e. The average Bonchev–Trinajstić information content (AvgIpc) is 2.54. The predicted octanol–water partition coefficient (Wildman–Crippen LogP) is 5.69. The van der Waals surface area contributed by atoms with E-state index in [1.54, 1.807) is 12.1 Å². The summed E-state index contributed by atoms with van der Waals surface area (Å²) in [6.07, 6.45) is 2.78. The molecule has 2 rings (SSSR count). The van der Waals surface area contributed by atoms with E-state index in [4.69, 9.17) is 23.2 Å². The van der Waals surface area contributed by atoms with Crippen LogP contribution >= 0.6 is 23.2 Å². The molecule has 0 aliphatic carbocycles. The molecule has 0 unspecified atom stereocenters. The van der Waals surface area contributed by atoms with Crippen molar-refractivity contribution >= 4 is 34.8 Å². The van der Waals surface area contributed by atoms with Crippen LogP contribution in [-0.4, -0.2) is 5.91 Å². The van der Waals surface area contributed by atoms with Crippen molar-refractivity contribution in [1.82, 2.24) is 0 Å². The molecule has 0 aliphatic heterocycles. The molecule has 4 heteroatoms. The molecule has 23 heavy (non-hydrogen) atoms. The molecular weight excluding hydrogens is 329 g/mol. The predicted molar refractivity (Wildman–Crippen MR) is 98.6 cm³/mol. The van der Waals surface area contributed by atoms with Crippen molar-refractivity contribution in [1.29, 1.82) is 0 Å². The zero-order chi connectivity index (χ0) is 16.8. The van der Waals surface area contributed by atoms with E-state index in [2.05, 4.69) is 31.3 Å². The molecule has 1 amide bonds. The second kappa shape index (κ2) is 8.37. The number of para-hydroxylation sites is 1. The summed E-state index contributed by atoms with van der Waals surface area (Å²) in [7, 11) is 0. The van der Waals surface area contributed by atoms with Gasteiger partial charge in [0.15, 0.2) is 0 Å². The third-order valence-electron chi connectivity index (χ3n) is 3.90. The highest BCUT2D eigenvalue weighted by atomic mass is 35.5. The molecule has 0 atom stereocenters. The van der Waals surface area contributed by atoms with Gasteiger partial charge in [-0.25, -0.2) is 0 Å². The van der Waals surface area contributed by atoms with E-state index in [-0.39, 0.29) is 5.91 Å². The summed E-state index contributed by atoms with van der Waals surface area (Å²) in [5.74, 6) is 0.00613. The minimum absolute atomic E-state index is 0.00613.